The van der Waals surface area contributed by atoms with Crippen LogP contribution in [0.25, 0.3) is 0 Å². The Labute approximate surface area is 96.5 Å². The molecule has 1 aromatic rings. The van der Waals surface area contributed by atoms with Crippen molar-refractivity contribution in [2.45, 2.75) is 27.7 Å². The van der Waals surface area contributed by atoms with Crippen LogP contribution in [-0.4, -0.2) is 36.1 Å². The molecule has 0 unspecified atom stereocenters. The van der Waals surface area contributed by atoms with Crippen molar-refractivity contribution in [3.8, 4) is 0 Å². The number of likely N-dealkylation sites (N-methyl/N-ethyl adjacent to an activating group) is 1. The first-order valence-corrected chi connectivity index (χ1v) is 6.39. The Hall–Kier alpha value is -0.610. The average molecular weight is 227 g/mol. The zero-order valence-corrected chi connectivity index (χ0v) is 10.9. The molecule has 0 atom stereocenters. The highest BCUT2D eigenvalue weighted by Gasteiger charge is 2.03. The number of nitrogens with one attached hydrogen (secondary N) is 1. The average Bonchev–Trinajstić information content (AvgIpc) is 2.53. The van der Waals surface area contributed by atoms with E-state index in [4.69, 9.17) is 0 Å². The van der Waals surface area contributed by atoms with Crippen LogP contribution < -0.4 is 5.32 Å². The second-order valence-electron chi connectivity index (χ2n) is 3.61. The molecule has 1 N–H and O–H groups in total. The van der Waals surface area contributed by atoms with Gasteiger partial charge in [-0.25, -0.2) is 4.98 Å². The Morgan fingerprint density at radius 1 is 1.27 bits per heavy atom. The van der Waals surface area contributed by atoms with Gasteiger partial charge in [0.25, 0.3) is 0 Å². The molecule has 0 radical (unpaired) electrons. The number of thiazole rings is 1. The molecule has 0 saturated heterocycles. The van der Waals surface area contributed by atoms with Gasteiger partial charge in [0.2, 0.25) is 0 Å². The quantitative estimate of drug-likeness (QED) is 0.809. The smallest absolute Gasteiger partial charge is 0.183 e. The number of hydrogen-bond donors (Lipinski definition) is 1. The molecule has 0 aliphatic rings. The molecule has 15 heavy (non-hydrogen) atoms. The van der Waals surface area contributed by atoms with Crippen molar-refractivity contribution in [2.24, 2.45) is 0 Å². The summed E-state index contributed by atoms with van der Waals surface area (Å²) in [4.78, 5) is 8.16. The summed E-state index contributed by atoms with van der Waals surface area (Å²) in [7, 11) is 0. The van der Waals surface area contributed by atoms with Crippen molar-refractivity contribution in [1.29, 1.82) is 0 Å². The highest BCUT2D eigenvalue weighted by atomic mass is 32.1. The molecule has 0 spiro atoms. The van der Waals surface area contributed by atoms with Gasteiger partial charge in [-0.05, 0) is 26.9 Å². The topological polar surface area (TPSA) is 28.2 Å². The molecule has 0 bridgehead atoms. The number of nitrogens with zero attached hydrogens (tertiary/aromatic N) is 2. The lowest BCUT2D eigenvalue weighted by Gasteiger charge is -2.17. The van der Waals surface area contributed by atoms with Crippen LogP contribution in [0.4, 0.5) is 5.13 Å². The first-order valence-electron chi connectivity index (χ1n) is 5.57. The van der Waals surface area contributed by atoms with E-state index in [0.29, 0.717) is 0 Å². The van der Waals surface area contributed by atoms with Gasteiger partial charge in [0.1, 0.15) is 0 Å². The van der Waals surface area contributed by atoms with Crippen molar-refractivity contribution < 1.29 is 0 Å². The minimum absolute atomic E-state index is 0.980. The lowest BCUT2D eigenvalue weighted by Crippen LogP contribution is -2.28. The van der Waals surface area contributed by atoms with Crippen LogP contribution in [0.2, 0.25) is 0 Å². The van der Waals surface area contributed by atoms with Crippen LogP contribution in [0.5, 0.6) is 0 Å². The number of hydrogen-bond acceptors (Lipinski definition) is 4. The van der Waals surface area contributed by atoms with Crippen molar-refractivity contribution in [2.75, 3.05) is 31.5 Å². The van der Waals surface area contributed by atoms with Crippen LogP contribution >= 0.6 is 11.3 Å². The Balaban J connectivity index is 2.31. The van der Waals surface area contributed by atoms with Gasteiger partial charge in [-0.2, -0.15) is 0 Å². The zero-order chi connectivity index (χ0) is 11.3. The lowest BCUT2D eigenvalue weighted by molar-refractivity contribution is 0.316. The van der Waals surface area contributed by atoms with Gasteiger partial charge in [-0.15, -0.1) is 11.3 Å². The van der Waals surface area contributed by atoms with Gasteiger partial charge in [-0.1, -0.05) is 13.8 Å². The van der Waals surface area contributed by atoms with Gasteiger partial charge in [-0.3, -0.25) is 0 Å². The molecule has 4 heteroatoms. The van der Waals surface area contributed by atoms with E-state index in [1.165, 1.54) is 4.88 Å². The summed E-state index contributed by atoms with van der Waals surface area (Å²) in [6.45, 7) is 12.9. The molecule has 0 aliphatic heterocycles. The standard InChI is InChI=1S/C11H21N3S/c1-5-14(6-2)8-7-12-11-13-9(3)10(4)15-11/h5-8H2,1-4H3,(H,12,13). The molecule has 1 aromatic heterocycles. The molecule has 86 valence electrons. The fourth-order valence-corrected chi connectivity index (χ4v) is 2.25. The van der Waals surface area contributed by atoms with Crippen molar-refractivity contribution in [1.82, 2.24) is 9.88 Å². The molecular weight excluding hydrogens is 206 g/mol. The van der Waals surface area contributed by atoms with E-state index in [0.717, 1.165) is 37.0 Å². The molecular formula is C11H21N3S. The Morgan fingerprint density at radius 3 is 2.40 bits per heavy atom. The summed E-state index contributed by atoms with van der Waals surface area (Å²) >= 11 is 1.74. The fourth-order valence-electron chi connectivity index (χ4n) is 1.41. The van der Waals surface area contributed by atoms with Crippen molar-refractivity contribution in [3.63, 3.8) is 0 Å². The molecule has 0 amide bonds. The first kappa shape index (κ1) is 12.5. The number of aryl methyl sites for hydroxylation is 2. The van der Waals surface area contributed by atoms with E-state index in [2.05, 4.69) is 42.9 Å². The molecule has 1 rings (SSSR count). The lowest BCUT2D eigenvalue weighted by atomic mass is 10.4. The van der Waals surface area contributed by atoms with Gasteiger partial charge in [0, 0.05) is 18.0 Å². The zero-order valence-electron chi connectivity index (χ0n) is 10.1. The minimum atomic E-state index is 0.980. The molecule has 1 heterocycles. The normalized spacial score (nSPS) is 11.0. The predicted octanol–water partition coefficient (Wildman–Crippen LogP) is 2.51. The van der Waals surface area contributed by atoms with E-state index >= 15 is 0 Å². The summed E-state index contributed by atoms with van der Waals surface area (Å²) in [6, 6.07) is 0. The highest BCUT2D eigenvalue weighted by molar-refractivity contribution is 7.15. The predicted molar refractivity (Wildman–Crippen MR) is 67.9 cm³/mol. The first-order chi connectivity index (χ1) is 7.17. The fraction of sp³-hybridized carbons (Fsp3) is 0.727. The Morgan fingerprint density at radius 2 is 1.93 bits per heavy atom. The summed E-state index contributed by atoms with van der Waals surface area (Å²) in [5, 5.41) is 4.42. The van der Waals surface area contributed by atoms with Gasteiger partial charge in [0.05, 0.1) is 5.69 Å². The van der Waals surface area contributed by atoms with Crippen LogP contribution in [-0.2, 0) is 0 Å². The highest BCUT2D eigenvalue weighted by Crippen LogP contribution is 2.20. The molecule has 0 aliphatic carbocycles. The number of aromatic nitrogens is 1. The summed E-state index contributed by atoms with van der Waals surface area (Å²) in [5.74, 6) is 0. The third-order valence-corrected chi connectivity index (χ3v) is 3.66. The van der Waals surface area contributed by atoms with Gasteiger partial charge >= 0.3 is 0 Å². The minimum Gasteiger partial charge on any atom is -0.360 e. The van der Waals surface area contributed by atoms with E-state index in [1.807, 2.05) is 0 Å². The summed E-state index contributed by atoms with van der Waals surface area (Å²) in [5.41, 5.74) is 1.14. The monoisotopic (exact) mass is 227 g/mol. The van der Waals surface area contributed by atoms with Crippen molar-refractivity contribution in [3.05, 3.63) is 10.6 Å². The van der Waals surface area contributed by atoms with Gasteiger partial charge < -0.3 is 10.2 Å². The van der Waals surface area contributed by atoms with Crippen molar-refractivity contribution >= 4 is 16.5 Å². The summed E-state index contributed by atoms with van der Waals surface area (Å²) < 4.78 is 0. The van der Waals surface area contributed by atoms with E-state index < -0.39 is 0 Å². The Bertz CT molecular complexity index is 273. The number of rotatable bonds is 6. The third kappa shape index (κ3) is 3.80. The Kier molecular flexibility index (Phi) is 5.05. The van der Waals surface area contributed by atoms with Crippen LogP contribution in [0.1, 0.15) is 24.4 Å². The van der Waals surface area contributed by atoms with Gasteiger partial charge in [0.15, 0.2) is 5.13 Å². The maximum absolute atomic E-state index is 4.45. The van der Waals surface area contributed by atoms with Crippen LogP contribution in [0, 0.1) is 13.8 Å². The SMILES string of the molecule is CCN(CC)CCNc1nc(C)c(C)s1. The second-order valence-corrected chi connectivity index (χ2v) is 4.82. The molecule has 3 nitrogen and oxygen atoms in total. The van der Waals surface area contributed by atoms with E-state index in [9.17, 15) is 0 Å². The largest absolute Gasteiger partial charge is 0.360 e. The summed E-state index contributed by atoms with van der Waals surface area (Å²) in [6.07, 6.45) is 0. The van der Waals surface area contributed by atoms with E-state index in [-0.39, 0.29) is 0 Å². The molecule has 0 aromatic carbocycles. The van der Waals surface area contributed by atoms with Crippen LogP contribution in [0.15, 0.2) is 0 Å². The van der Waals surface area contributed by atoms with Crippen LogP contribution in [0.3, 0.4) is 0 Å². The maximum atomic E-state index is 4.45. The van der Waals surface area contributed by atoms with E-state index in [1.54, 1.807) is 11.3 Å². The second kappa shape index (κ2) is 6.08. The maximum Gasteiger partial charge on any atom is 0.183 e. The number of anilines is 1. The molecule has 0 fully saturated rings. The third-order valence-electron chi connectivity index (χ3n) is 2.63. The molecule has 0 saturated carbocycles.